The minimum absolute atomic E-state index is 0.421. The average Bonchev–Trinajstić information content (AvgIpc) is 2.88. The molecule has 0 saturated carbocycles. The number of unbranched alkanes of at least 4 members (excludes halogenated alkanes) is 3. The van der Waals surface area contributed by atoms with Crippen LogP contribution in [0.2, 0.25) is 0 Å². The fourth-order valence-corrected chi connectivity index (χ4v) is 4.90. The summed E-state index contributed by atoms with van der Waals surface area (Å²) in [5, 5.41) is 0. The van der Waals surface area contributed by atoms with Gasteiger partial charge >= 0.3 is 0 Å². The van der Waals surface area contributed by atoms with E-state index >= 15 is 0 Å². The molecule has 20 heavy (non-hydrogen) atoms. The standard InChI is InChI=1S/C19H34S/c1-6-9-10-11-15-19(8-3,16(4)5)18-14-13-17(20-18)12-7-2/h13-14,16H,6-12,15H2,1-5H3. The van der Waals surface area contributed by atoms with E-state index in [2.05, 4.69) is 58.1 Å². The molecule has 0 nitrogen and oxygen atoms in total. The van der Waals surface area contributed by atoms with Gasteiger partial charge in [0, 0.05) is 15.2 Å². The highest BCUT2D eigenvalue weighted by molar-refractivity contribution is 7.12. The van der Waals surface area contributed by atoms with Crippen LogP contribution in [0.5, 0.6) is 0 Å². The molecule has 1 heteroatoms. The normalized spacial score (nSPS) is 14.7. The maximum absolute atomic E-state index is 2.43. The van der Waals surface area contributed by atoms with Crippen molar-refractivity contribution in [1.82, 2.24) is 0 Å². The van der Waals surface area contributed by atoms with E-state index in [9.17, 15) is 0 Å². The molecule has 0 bridgehead atoms. The molecule has 0 N–H and O–H groups in total. The first-order chi connectivity index (χ1) is 9.60. The van der Waals surface area contributed by atoms with Gasteiger partial charge in [0.25, 0.3) is 0 Å². The van der Waals surface area contributed by atoms with Crippen molar-refractivity contribution in [3.8, 4) is 0 Å². The molecule has 0 radical (unpaired) electrons. The van der Waals surface area contributed by atoms with Crippen LogP contribution in [0, 0.1) is 5.92 Å². The van der Waals surface area contributed by atoms with Gasteiger partial charge in [0.15, 0.2) is 0 Å². The monoisotopic (exact) mass is 294 g/mol. The number of thiophene rings is 1. The molecule has 0 spiro atoms. The Balaban J connectivity index is 2.85. The zero-order valence-corrected chi connectivity index (χ0v) is 15.1. The highest BCUT2D eigenvalue weighted by atomic mass is 32.1. The fourth-order valence-electron chi connectivity index (χ4n) is 3.35. The lowest BCUT2D eigenvalue weighted by atomic mass is 9.70. The van der Waals surface area contributed by atoms with Crippen molar-refractivity contribution < 1.29 is 0 Å². The topological polar surface area (TPSA) is 0 Å². The molecule has 1 heterocycles. The largest absolute Gasteiger partial charge is 0.145 e. The predicted molar refractivity (Wildman–Crippen MR) is 93.9 cm³/mol. The predicted octanol–water partition coefficient (Wildman–Crippen LogP) is 6.97. The summed E-state index contributed by atoms with van der Waals surface area (Å²) < 4.78 is 0. The van der Waals surface area contributed by atoms with Gasteiger partial charge in [-0.1, -0.05) is 66.7 Å². The molecule has 1 rings (SSSR count). The molecule has 1 unspecified atom stereocenters. The second-order valence-electron chi connectivity index (χ2n) is 6.49. The number of aryl methyl sites for hydroxylation is 1. The van der Waals surface area contributed by atoms with Crippen molar-refractivity contribution in [3.05, 3.63) is 21.9 Å². The molecule has 0 aliphatic carbocycles. The van der Waals surface area contributed by atoms with Gasteiger partial charge in [-0.05, 0) is 37.3 Å². The molecular formula is C19H34S. The van der Waals surface area contributed by atoms with Crippen LogP contribution in [0.15, 0.2) is 12.1 Å². The van der Waals surface area contributed by atoms with Gasteiger partial charge in [0.1, 0.15) is 0 Å². The minimum Gasteiger partial charge on any atom is -0.145 e. The Morgan fingerprint density at radius 1 is 1.00 bits per heavy atom. The highest BCUT2D eigenvalue weighted by Gasteiger charge is 2.34. The summed E-state index contributed by atoms with van der Waals surface area (Å²) in [6.07, 6.45) is 10.7. The third-order valence-corrected chi connectivity index (χ3v) is 6.23. The van der Waals surface area contributed by atoms with Crippen molar-refractivity contribution in [1.29, 1.82) is 0 Å². The van der Waals surface area contributed by atoms with Crippen LogP contribution in [-0.2, 0) is 11.8 Å². The van der Waals surface area contributed by atoms with E-state index in [0.29, 0.717) is 5.41 Å². The van der Waals surface area contributed by atoms with E-state index in [1.54, 1.807) is 9.75 Å². The molecule has 116 valence electrons. The van der Waals surface area contributed by atoms with E-state index in [4.69, 9.17) is 0 Å². The second-order valence-corrected chi connectivity index (χ2v) is 7.66. The van der Waals surface area contributed by atoms with Crippen LogP contribution in [0.4, 0.5) is 0 Å². The first-order valence-corrected chi connectivity index (χ1v) is 9.51. The molecule has 1 aromatic heterocycles. The Hall–Kier alpha value is -0.300. The van der Waals surface area contributed by atoms with Crippen molar-refractivity contribution >= 4 is 11.3 Å². The van der Waals surface area contributed by atoms with Crippen LogP contribution < -0.4 is 0 Å². The molecule has 0 amide bonds. The van der Waals surface area contributed by atoms with Crippen LogP contribution in [-0.4, -0.2) is 0 Å². The van der Waals surface area contributed by atoms with Gasteiger partial charge < -0.3 is 0 Å². The summed E-state index contributed by atoms with van der Waals surface area (Å²) in [5.74, 6) is 0.738. The molecule has 0 aliphatic heterocycles. The third-order valence-electron chi connectivity index (χ3n) is 4.86. The van der Waals surface area contributed by atoms with Gasteiger partial charge in [0.2, 0.25) is 0 Å². The molecule has 0 fully saturated rings. The highest BCUT2D eigenvalue weighted by Crippen LogP contribution is 2.43. The van der Waals surface area contributed by atoms with E-state index in [1.807, 2.05) is 0 Å². The maximum atomic E-state index is 2.43. The Morgan fingerprint density at radius 3 is 2.30 bits per heavy atom. The SMILES string of the molecule is CCCCCCC(CC)(c1ccc(CCC)s1)C(C)C. The first-order valence-electron chi connectivity index (χ1n) is 8.69. The van der Waals surface area contributed by atoms with E-state index in [1.165, 1.54) is 51.4 Å². The van der Waals surface area contributed by atoms with Crippen LogP contribution in [0.25, 0.3) is 0 Å². The number of rotatable bonds is 10. The van der Waals surface area contributed by atoms with Gasteiger partial charge in [-0.25, -0.2) is 0 Å². The molecule has 0 aromatic carbocycles. The molecule has 1 aromatic rings. The zero-order chi connectivity index (χ0) is 15.0. The molecule has 1 atom stereocenters. The van der Waals surface area contributed by atoms with E-state index < -0.39 is 0 Å². The van der Waals surface area contributed by atoms with Crippen molar-refractivity contribution in [3.63, 3.8) is 0 Å². The van der Waals surface area contributed by atoms with E-state index in [-0.39, 0.29) is 0 Å². The number of hydrogen-bond acceptors (Lipinski definition) is 1. The van der Waals surface area contributed by atoms with Crippen molar-refractivity contribution in [2.45, 2.75) is 91.4 Å². The van der Waals surface area contributed by atoms with E-state index in [0.717, 1.165) is 5.92 Å². The Kier molecular flexibility index (Phi) is 7.87. The third kappa shape index (κ3) is 4.35. The van der Waals surface area contributed by atoms with Gasteiger partial charge in [-0.3, -0.25) is 0 Å². The summed E-state index contributed by atoms with van der Waals surface area (Å²) >= 11 is 2.08. The summed E-state index contributed by atoms with van der Waals surface area (Å²) in [5.41, 5.74) is 0.421. The van der Waals surface area contributed by atoms with Crippen molar-refractivity contribution in [2.24, 2.45) is 5.92 Å². The summed E-state index contributed by atoms with van der Waals surface area (Å²) in [4.78, 5) is 3.23. The molecular weight excluding hydrogens is 260 g/mol. The summed E-state index contributed by atoms with van der Waals surface area (Å²) in [6.45, 7) is 11.8. The summed E-state index contributed by atoms with van der Waals surface area (Å²) in [7, 11) is 0. The zero-order valence-electron chi connectivity index (χ0n) is 14.3. The summed E-state index contributed by atoms with van der Waals surface area (Å²) in [6, 6.07) is 4.81. The Labute approximate surface area is 131 Å². The van der Waals surface area contributed by atoms with Crippen molar-refractivity contribution in [2.75, 3.05) is 0 Å². The Bertz CT molecular complexity index is 364. The van der Waals surface area contributed by atoms with Crippen LogP contribution in [0.3, 0.4) is 0 Å². The lowest BCUT2D eigenvalue weighted by Crippen LogP contribution is -2.30. The minimum atomic E-state index is 0.421. The Morgan fingerprint density at radius 2 is 1.75 bits per heavy atom. The molecule has 0 saturated heterocycles. The van der Waals surface area contributed by atoms with Gasteiger partial charge in [-0.15, -0.1) is 11.3 Å². The van der Waals surface area contributed by atoms with Gasteiger partial charge in [0.05, 0.1) is 0 Å². The van der Waals surface area contributed by atoms with Crippen LogP contribution in [0.1, 0.15) is 89.3 Å². The first kappa shape index (κ1) is 17.8. The lowest BCUT2D eigenvalue weighted by Gasteiger charge is -2.36. The second kappa shape index (κ2) is 8.87. The lowest BCUT2D eigenvalue weighted by molar-refractivity contribution is 0.269. The smallest absolute Gasteiger partial charge is 0.0112 e. The fraction of sp³-hybridized carbons (Fsp3) is 0.789. The quantitative estimate of drug-likeness (QED) is 0.408. The molecule has 0 aliphatic rings. The maximum Gasteiger partial charge on any atom is 0.0112 e. The average molecular weight is 295 g/mol. The van der Waals surface area contributed by atoms with Crippen LogP contribution >= 0.6 is 11.3 Å². The van der Waals surface area contributed by atoms with Gasteiger partial charge in [-0.2, -0.15) is 0 Å². The number of hydrogen-bond donors (Lipinski definition) is 0.